The number of hydrogen-bond acceptors (Lipinski definition) is 4. The molecule has 0 aliphatic heterocycles. The molecule has 0 saturated heterocycles. The van der Waals surface area contributed by atoms with Gasteiger partial charge in [-0.25, -0.2) is 10.4 Å². The van der Waals surface area contributed by atoms with Crippen molar-refractivity contribution in [2.75, 3.05) is 0 Å². The van der Waals surface area contributed by atoms with Crippen LogP contribution in [0.3, 0.4) is 0 Å². The van der Waals surface area contributed by atoms with Crippen molar-refractivity contribution < 1.29 is 9.90 Å². The van der Waals surface area contributed by atoms with Crippen LogP contribution in [-0.2, 0) is 0 Å². The van der Waals surface area contributed by atoms with Gasteiger partial charge in [0.2, 0.25) is 0 Å². The molecule has 0 spiro atoms. The molecule has 1 amide bonds. The van der Waals surface area contributed by atoms with Crippen LogP contribution in [0.25, 0.3) is 21.7 Å². The van der Waals surface area contributed by atoms with Crippen molar-refractivity contribution in [2.45, 2.75) is 0 Å². The van der Waals surface area contributed by atoms with Crippen LogP contribution in [-0.4, -0.2) is 22.2 Å². The van der Waals surface area contributed by atoms with E-state index in [1.807, 2.05) is 48.5 Å². The smallest absolute Gasteiger partial charge is 0.289 e. The van der Waals surface area contributed by atoms with Gasteiger partial charge in [-0.1, -0.05) is 60.7 Å². The van der Waals surface area contributed by atoms with Gasteiger partial charge in [0.15, 0.2) is 0 Å². The standard InChI is InChI=1S/C21H15N3O2/c25-19-10-4-7-15-11-12-18(23-20(15)19)21(26)24-22-13-16-8-3-6-14-5-1-2-9-17(14)16/h1-13,25H,(H,24,26)/b22-13+. The Morgan fingerprint density at radius 1 is 0.923 bits per heavy atom. The summed E-state index contributed by atoms with van der Waals surface area (Å²) < 4.78 is 0. The number of fused-ring (bicyclic) bond motifs is 2. The van der Waals surface area contributed by atoms with Gasteiger partial charge in [-0.2, -0.15) is 5.10 Å². The van der Waals surface area contributed by atoms with Gasteiger partial charge in [-0.05, 0) is 22.9 Å². The quantitative estimate of drug-likeness (QED) is 0.439. The Hall–Kier alpha value is -3.73. The van der Waals surface area contributed by atoms with Gasteiger partial charge in [-0.3, -0.25) is 4.79 Å². The molecule has 126 valence electrons. The largest absolute Gasteiger partial charge is 0.506 e. The van der Waals surface area contributed by atoms with Crippen LogP contribution in [0.4, 0.5) is 0 Å². The number of pyridine rings is 1. The molecule has 1 aromatic heterocycles. The summed E-state index contributed by atoms with van der Waals surface area (Å²) in [5.74, 6) is -0.400. The Kier molecular flexibility index (Phi) is 4.03. The molecule has 0 atom stereocenters. The Morgan fingerprint density at radius 2 is 1.69 bits per heavy atom. The minimum atomic E-state index is -0.438. The van der Waals surface area contributed by atoms with Crippen LogP contribution in [0, 0.1) is 0 Å². The third kappa shape index (κ3) is 2.98. The van der Waals surface area contributed by atoms with Crippen LogP contribution >= 0.6 is 0 Å². The van der Waals surface area contributed by atoms with E-state index in [2.05, 4.69) is 15.5 Å². The van der Waals surface area contributed by atoms with Crippen molar-refractivity contribution in [2.24, 2.45) is 5.10 Å². The number of aromatic hydroxyl groups is 1. The number of benzene rings is 3. The highest BCUT2D eigenvalue weighted by molar-refractivity contribution is 6.01. The molecule has 0 aliphatic carbocycles. The van der Waals surface area contributed by atoms with E-state index < -0.39 is 5.91 Å². The second-order valence-electron chi connectivity index (χ2n) is 5.81. The van der Waals surface area contributed by atoms with E-state index >= 15 is 0 Å². The van der Waals surface area contributed by atoms with Gasteiger partial charge in [0.25, 0.3) is 5.91 Å². The summed E-state index contributed by atoms with van der Waals surface area (Å²) in [6.07, 6.45) is 1.61. The molecule has 26 heavy (non-hydrogen) atoms. The third-order valence-electron chi connectivity index (χ3n) is 4.12. The lowest BCUT2D eigenvalue weighted by Gasteiger charge is -2.04. The van der Waals surface area contributed by atoms with Crippen molar-refractivity contribution in [1.29, 1.82) is 0 Å². The number of phenolic OH excluding ortho intramolecular Hbond substituents is 1. The van der Waals surface area contributed by atoms with E-state index in [0.29, 0.717) is 5.52 Å². The van der Waals surface area contributed by atoms with Crippen molar-refractivity contribution in [3.05, 3.63) is 84.1 Å². The number of hydrazone groups is 1. The zero-order valence-corrected chi connectivity index (χ0v) is 13.8. The molecule has 0 fully saturated rings. The van der Waals surface area contributed by atoms with Gasteiger partial charge < -0.3 is 5.11 Å². The second-order valence-corrected chi connectivity index (χ2v) is 5.81. The monoisotopic (exact) mass is 341 g/mol. The first-order valence-corrected chi connectivity index (χ1v) is 8.12. The summed E-state index contributed by atoms with van der Waals surface area (Å²) in [6, 6.07) is 22.3. The average Bonchev–Trinajstić information content (AvgIpc) is 2.68. The van der Waals surface area contributed by atoms with Crippen LogP contribution in [0.2, 0.25) is 0 Å². The van der Waals surface area contributed by atoms with E-state index in [4.69, 9.17) is 0 Å². The number of nitrogens with one attached hydrogen (secondary N) is 1. The molecule has 0 saturated carbocycles. The number of carbonyl (C=O) groups excluding carboxylic acids is 1. The molecular formula is C21H15N3O2. The number of amides is 1. The maximum atomic E-state index is 12.3. The van der Waals surface area contributed by atoms with Gasteiger partial charge in [0.05, 0.1) is 6.21 Å². The SMILES string of the molecule is O=C(N/N=C/c1cccc2ccccc12)c1ccc2cccc(O)c2n1. The minimum absolute atomic E-state index is 0.0383. The Labute approximate surface area is 149 Å². The Balaban J connectivity index is 1.57. The van der Waals surface area contributed by atoms with E-state index in [9.17, 15) is 9.90 Å². The van der Waals surface area contributed by atoms with E-state index in [1.54, 1.807) is 24.4 Å². The lowest BCUT2D eigenvalue weighted by atomic mass is 10.1. The van der Waals surface area contributed by atoms with Gasteiger partial charge in [0, 0.05) is 10.9 Å². The van der Waals surface area contributed by atoms with Gasteiger partial charge in [-0.15, -0.1) is 0 Å². The normalized spacial score (nSPS) is 11.2. The number of nitrogens with zero attached hydrogens (tertiary/aromatic N) is 2. The predicted molar refractivity (Wildman–Crippen MR) is 102 cm³/mol. The second kappa shape index (κ2) is 6.64. The minimum Gasteiger partial charge on any atom is -0.506 e. The summed E-state index contributed by atoms with van der Waals surface area (Å²) in [5, 5.41) is 16.9. The van der Waals surface area contributed by atoms with Crippen LogP contribution in [0.15, 0.2) is 77.9 Å². The van der Waals surface area contributed by atoms with Crippen molar-refractivity contribution in [3.8, 4) is 5.75 Å². The first-order chi connectivity index (χ1) is 12.7. The van der Waals surface area contributed by atoms with Gasteiger partial charge in [0.1, 0.15) is 17.0 Å². The lowest BCUT2D eigenvalue weighted by molar-refractivity contribution is 0.0950. The molecule has 4 aromatic rings. The average molecular weight is 341 g/mol. The first-order valence-electron chi connectivity index (χ1n) is 8.12. The summed E-state index contributed by atoms with van der Waals surface area (Å²) in [6.45, 7) is 0. The molecule has 3 aromatic carbocycles. The fourth-order valence-electron chi connectivity index (χ4n) is 2.84. The van der Waals surface area contributed by atoms with Crippen molar-refractivity contribution >= 4 is 33.8 Å². The number of aromatic nitrogens is 1. The highest BCUT2D eigenvalue weighted by Crippen LogP contribution is 2.22. The first kappa shape index (κ1) is 15.8. The fraction of sp³-hybridized carbons (Fsp3) is 0. The van der Waals surface area contributed by atoms with E-state index in [0.717, 1.165) is 21.7 Å². The van der Waals surface area contributed by atoms with Crippen molar-refractivity contribution in [3.63, 3.8) is 0 Å². The molecule has 5 nitrogen and oxygen atoms in total. The summed E-state index contributed by atoms with van der Waals surface area (Å²) in [4.78, 5) is 16.5. The highest BCUT2D eigenvalue weighted by atomic mass is 16.3. The Bertz CT molecular complexity index is 1150. The molecule has 5 heteroatoms. The number of rotatable bonds is 3. The molecule has 1 heterocycles. The van der Waals surface area contributed by atoms with Gasteiger partial charge >= 0.3 is 0 Å². The number of para-hydroxylation sites is 1. The maximum Gasteiger partial charge on any atom is 0.289 e. The van der Waals surface area contributed by atoms with E-state index in [1.165, 1.54) is 6.07 Å². The number of phenols is 1. The summed E-state index contributed by atoms with van der Waals surface area (Å²) in [7, 11) is 0. The van der Waals surface area contributed by atoms with Crippen LogP contribution < -0.4 is 5.43 Å². The van der Waals surface area contributed by atoms with Crippen molar-refractivity contribution in [1.82, 2.24) is 10.4 Å². The highest BCUT2D eigenvalue weighted by Gasteiger charge is 2.09. The molecule has 4 rings (SSSR count). The fourth-order valence-corrected chi connectivity index (χ4v) is 2.84. The zero-order valence-electron chi connectivity index (χ0n) is 13.8. The summed E-state index contributed by atoms with van der Waals surface area (Å²) >= 11 is 0. The third-order valence-corrected chi connectivity index (χ3v) is 4.12. The zero-order chi connectivity index (χ0) is 17.9. The maximum absolute atomic E-state index is 12.3. The molecule has 0 radical (unpaired) electrons. The molecule has 2 N–H and O–H groups in total. The molecule has 0 unspecified atom stereocenters. The van der Waals surface area contributed by atoms with E-state index in [-0.39, 0.29) is 11.4 Å². The van der Waals surface area contributed by atoms with Crippen LogP contribution in [0.5, 0.6) is 5.75 Å². The predicted octanol–water partition coefficient (Wildman–Crippen LogP) is 3.86. The summed E-state index contributed by atoms with van der Waals surface area (Å²) in [5.41, 5.74) is 3.97. The topological polar surface area (TPSA) is 74.6 Å². The number of carbonyl (C=O) groups is 1. The molecule has 0 bridgehead atoms. The molecule has 0 aliphatic rings. The molecular weight excluding hydrogens is 326 g/mol. The number of hydrogen-bond donors (Lipinski definition) is 2. The van der Waals surface area contributed by atoms with Crippen LogP contribution in [0.1, 0.15) is 16.1 Å². The lowest BCUT2D eigenvalue weighted by Crippen LogP contribution is -2.19. The Morgan fingerprint density at radius 3 is 2.62 bits per heavy atom.